The molecule has 2 nitrogen and oxygen atoms in total. The average Bonchev–Trinajstić information content (AvgIpc) is 2.09. The minimum atomic E-state index is -0.674. The molecule has 3 heteroatoms. The molecule has 0 bridgehead atoms. The van der Waals surface area contributed by atoms with Gasteiger partial charge in [0, 0.05) is 6.42 Å². The van der Waals surface area contributed by atoms with Gasteiger partial charge in [0.25, 0.3) is 0 Å². The van der Waals surface area contributed by atoms with E-state index in [9.17, 15) is 4.79 Å². The maximum absolute atomic E-state index is 10.2. The summed E-state index contributed by atoms with van der Waals surface area (Å²) >= 11 is 0. The number of rotatable bonds is 9. The molecule has 0 rings (SSSR count). The Kier molecular flexibility index (Phi) is 17.1. The van der Waals surface area contributed by atoms with Crippen molar-refractivity contribution in [3.05, 3.63) is 12.7 Å². The van der Waals surface area contributed by atoms with Gasteiger partial charge in [-0.15, -0.1) is 6.58 Å². The first-order valence-electron chi connectivity index (χ1n) is 5.10. The molecule has 78 valence electrons. The van der Waals surface area contributed by atoms with Gasteiger partial charge in [-0.05, 0) is 19.3 Å². The first kappa shape index (κ1) is 17.2. The number of hydrogen-bond donors (Lipinski definition) is 1. The summed E-state index contributed by atoms with van der Waals surface area (Å²) in [5.41, 5.74) is 0. The summed E-state index contributed by atoms with van der Waals surface area (Å²) in [7, 11) is 0. The third kappa shape index (κ3) is 15.3. The van der Waals surface area contributed by atoms with Crippen molar-refractivity contribution in [2.45, 2.75) is 51.4 Å². The van der Waals surface area contributed by atoms with E-state index in [0.29, 0.717) is 6.42 Å². The molecule has 0 saturated carbocycles. The molecule has 0 fully saturated rings. The summed E-state index contributed by atoms with van der Waals surface area (Å²) in [6.45, 7) is 3.66. The van der Waals surface area contributed by atoms with Crippen LogP contribution in [0.3, 0.4) is 0 Å². The fraction of sp³-hybridized carbons (Fsp3) is 0.727. The summed E-state index contributed by atoms with van der Waals surface area (Å²) in [6, 6.07) is 0. The van der Waals surface area contributed by atoms with Crippen molar-refractivity contribution in [3.63, 3.8) is 0 Å². The third-order valence-electron chi connectivity index (χ3n) is 2.05. The third-order valence-corrected chi connectivity index (χ3v) is 2.05. The number of unbranched alkanes of at least 4 members (excludes halogenated alkanes) is 6. The van der Waals surface area contributed by atoms with Crippen molar-refractivity contribution in [2.24, 2.45) is 0 Å². The summed E-state index contributed by atoms with van der Waals surface area (Å²) in [5.74, 6) is -0.674. The molecule has 0 unspecified atom stereocenters. The minimum absolute atomic E-state index is 0. The fourth-order valence-corrected chi connectivity index (χ4v) is 1.27. The van der Waals surface area contributed by atoms with E-state index in [1.807, 2.05) is 6.08 Å². The van der Waals surface area contributed by atoms with Crippen molar-refractivity contribution in [3.8, 4) is 0 Å². The van der Waals surface area contributed by atoms with E-state index in [2.05, 4.69) is 6.58 Å². The van der Waals surface area contributed by atoms with Crippen LogP contribution < -0.4 is 0 Å². The number of carboxylic acid groups (broad SMARTS) is 1. The van der Waals surface area contributed by atoms with Gasteiger partial charge in [-0.3, -0.25) is 4.79 Å². The van der Waals surface area contributed by atoms with Crippen LogP contribution in [0.5, 0.6) is 0 Å². The molecule has 0 saturated heterocycles. The first-order valence-corrected chi connectivity index (χ1v) is 5.10. The van der Waals surface area contributed by atoms with E-state index >= 15 is 0 Å². The average molecular weight is 224 g/mol. The molecule has 0 aromatic rings. The number of carboxylic acids is 1. The van der Waals surface area contributed by atoms with Gasteiger partial charge in [0.2, 0.25) is 0 Å². The molecule has 0 aliphatic carbocycles. The molecule has 1 N–H and O–H groups in total. The number of aliphatic carboxylic acids is 1. The number of carbonyl (C=O) groups is 1. The molecule has 0 radical (unpaired) electrons. The van der Waals surface area contributed by atoms with Gasteiger partial charge >= 0.3 is 57.4 Å². The van der Waals surface area contributed by atoms with Crippen molar-refractivity contribution >= 4 is 57.4 Å². The van der Waals surface area contributed by atoms with Crippen LogP contribution in [-0.4, -0.2) is 62.5 Å². The van der Waals surface area contributed by atoms with Crippen LogP contribution in [0.25, 0.3) is 0 Å². The van der Waals surface area contributed by atoms with Crippen LogP contribution in [0.15, 0.2) is 12.7 Å². The Morgan fingerprint density at radius 1 is 1.07 bits per heavy atom. The molecule has 14 heavy (non-hydrogen) atoms. The van der Waals surface area contributed by atoms with Crippen molar-refractivity contribution in [1.29, 1.82) is 0 Å². The molecule has 0 aliphatic heterocycles. The molecule has 0 spiro atoms. The van der Waals surface area contributed by atoms with Gasteiger partial charge in [0.1, 0.15) is 0 Å². The normalized spacial score (nSPS) is 9.14. The van der Waals surface area contributed by atoms with Crippen LogP contribution in [0.2, 0.25) is 0 Å². The van der Waals surface area contributed by atoms with E-state index in [0.717, 1.165) is 19.3 Å². The molecule has 0 aromatic carbocycles. The standard InChI is InChI=1S/C11H20O2.K.H/c1-2-3-4-5-6-7-8-9-10-11(12)13;;/h2H,1,3-10H2,(H,12,13);;. The zero-order valence-corrected chi connectivity index (χ0v) is 8.30. The second-order valence-electron chi connectivity index (χ2n) is 3.34. The molecule has 0 atom stereocenters. The molecular formula is C11H21KO2. The first-order chi connectivity index (χ1) is 6.27. The van der Waals surface area contributed by atoms with Crippen molar-refractivity contribution in [2.75, 3.05) is 0 Å². The SMILES string of the molecule is C=CCCCCCCCCC(=O)O.[KH]. The van der Waals surface area contributed by atoms with Gasteiger partial charge in [0.05, 0.1) is 0 Å². The van der Waals surface area contributed by atoms with Crippen LogP contribution in [0, 0.1) is 0 Å². The van der Waals surface area contributed by atoms with E-state index in [1.54, 1.807) is 0 Å². The molecule has 0 aromatic heterocycles. The van der Waals surface area contributed by atoms with Crippen LogP contribution in [0.4, 0.5) is 0 Å². The topological polar surface area (TPSA) is 37.3 Å². The Balaban J connectivity index is 0. The number of hydrogen-bond acceptors (Lipinski definition) is 1. The number of allylic oxidation sites excluding steroid dienone is 1. The molecule has 0 aliphatic rings. The van der Waals surface area contributed by atoms with Crippen molar-refractivity contribution < 1.29 is 9.90 Å². The molecular weight excluding hydrogens is 203 g/mol. The molecule has 0 amide bonds. The Morgan fingerprint density at radius 3 is 2.07 bits per heavy atom. The zero-order valence-electron chi connectivity index (χ0n) is 8.30. The summed E-state index contributed by atoms with van der Waals surface area (Å²) in [6.07, 6.45) is 10.1. The Bertz CT molecular complexity index is 146. The van der Waals surface area contributed by atoms with Gasteiger partial charge in [0.15, 0.2) is 0 Å². The van der Waals surface area contributed by atoms with Gasteiger partial charge in [-0.1, -0.05) is 31.8 Å². The van der Waals surface area contributed by atoms with Gasteiger partial charge in [-0.2, -0.15) is 0 Å². The van der Waals surface area contributed by atoms with Crippen molar-refractivity contribution in [1.82, 2.24) is 0 Å². The van der Waals surface area contributed by atoms with E-state index in [1.165, 1.54) is 25.7 Å². The Morgan fingerprint density at radius 2 is 1.57 bits per heavy atom. The summed E-state index contributed by atoms with van der Waals surface area (Å²) < 4.78 is 0. The van der Waals surface area contributed by atoms with E-state index < -0.39 is 5.97 Å². The van der Waals surface area contributed by atoms with Gasteiger partial charge in [-0.25, -0.2) is 0 Å². The van der Waals surface area contributed by atoms with E-state index in [4.69, 9.17) is 5.11 Å². The monoisotopic (exact) mass is 224 g/mol. The fourth-order valence-electron chi connectivity index (χ4n) is 1.27. The zero-order chi connectivity index (χ0) is 9.94. The van der Waals surface area contributed by atoms with Crippen LogP contribution in [0.1, 0.15) is 51.4 Å². The molecule has 0 heterocycles. The Labute approximate surface area is 130 Å². The second-order valence-corrected chi connectivity index (χ2v) is 3.34. The second kappa shape index (κ2) is 13.8. The maximum atomic E-state index is 10.2. The predicted octanol–water partition coefficient (Wildman–Crippen LogP) is 2.73. The summed E-state index contributed by atoms with van der Waals surface area (Å²) in [5, 5.41) is 8.38. The summed E-state index contributed by atoms with van der Waals surface area (Å²) in [4.78, 5) is 10.2. The van der Waals surface area contributed by atoms with E-state index in [-0.39, 0.29) is 51.4 Å². The Hall–Kier alpha value is 0.846. The van der Waals surface area contributed by atoms with Gasteiger partial charge < -0.3 is 5.11 Å². The van der Waals surface area contributed by atoms with Crippen LogP contribution in [-0.2, 0) is 4.79 Å². The van der Waals surface area contributed by atoms with Crippen LogP contribution >= 0.6 is 0 Å². The quantitative estimate of drug-likeness (QED) is 0.371. The predicted molar refractivity (Wildman–Crippen MR) is 61.9 cm³/mol.